The number of nitrogens with zero attached hydrogens (tertiary/aromatic N) is 3. The fourth-order valence-corrected chi connectivity index (χ4v) is 3.02. The maximum Gasteiger partial charge on any atom is 0.262 e. The number of rotatable bonds is 7. The third-order valence-electron chi connectivity index (χ3n) is 2.92. The van der Waals surface area contributed by atoms with Gasteiger partial charge in [0.05, 0.1) is 12.2 Å². The summed E-state index contributed by atoms with van der Waals surface area (Å²) in [7, 11) is -2.17. The zero-order valence-corrected chi connectivity index (χ0v) is 12.9. The van der Waals surface area contributed by atoms with Gasteiger partial charge in [0.25, 0.3) is 10.0 Å². The van der Waals surface area contributed by atoms with Crippen LogP contribution in [0.25, 0.3) is 0 Å². The van der Waals surface area contributed by atoms with Crippen molar-refractivity contribution in [1.29, 1.82) is 0 Å². The first-order chi connectivity index (χ1) is 10.1. The molecule has 0 bridgehead atoms. The van der Waals surface area contributed by atoms with Gasteiger partial charge in [0.2, 0.25) is 0 Å². The summed E-state index contributed by atoms with van der Waals surface area (Å²) in [4.78, 5) is 11.0. The SMILES string of the molecule is CCCNc1cccnc1S(=O)(=O)N(C)Cc1ncc[nH]1. The van der Waals surface area contributed by atoms with Crippen LogP contribution in [-0.4, -0.2) is 41.3 Å². The summed E-state index contributed by atoms with van der Waals surface area (Å²) in [6.07, 6.45) is 5.62. The number of aromatic nitrogens is 3. The van der Waals surface area contributed by atoms with Crippen LogP contribution in [0.3, 0.4) is 0 Å². The Morgan fingerprint density at radius 3 is 2.81 bits per heavy atom. The van der Waals surface area contributed by atoms with Crippen LogP contribution >= 0.6 is 0 Å². The Labute approximate surface area is 124 Å². The molecule has 0 aromatic carbocycles. The Kier molecular flexibility index (Phi) is 4.92. The Morgan fingerprint density at radius 1 is 1.33 bits per heavy atom. The van der Waals surface area contributed by atoms with E-state index in [1.165, 1.54) is 17.5 Å². The first-order valence-corrected chi connectivity index (χ1v) is 8.13. The van der Waals surface area contributed by atoms with Gasteiger partial charge in [-0.05, 0) is 18.6 Å². The molecule has 0 aliphatic carbocycles. The summed E-state index contributed by atoms with van der Waals surface area (Å²) in [6, 6.07) is 3.43. The standard InChI is InChI=1S/C13H19N5O2S/c1-3-6-14-11-5-4-7-17-13(11)21(19,20)18(2)10-12-15-8-9-16-12/h4-5,7-9,14H,3,6,10H2,1-2H3,(H,15,16). The molecule has 2 aromatic heterocycles. The minimum atomic E-state index is -3.68. The highest BCUT2D eigenvalue weighted by Crippen LogP contribution is 2.22. The summed E-state index contributed by atoms with van der Waals surface area (Å²) < 4.78 is 26.5. The quantitative estimate of drug-likeness (QED) is 0.807. The molecule has 7 nitrogen and oxygen atoms in total. The highest BCUT2D eigenvalue weighted by molar-refractivity contribution is 7.89. The monoisotopic (exact) mass is 309 g/mol. The zero-order valence-electron chi connectivity index (χ0n) is 12.1. The van der Waals surface area contributed by atoms with Gasteiger partial charge in [-0.1, -0.05) is 6.92 Å². The Hall–Kier alpha value is -1.93. The molecule has 0 radical (unpaired) electrons. The molecule has 2 N–H and O–H groups in total. The third kappa shape index (κ3) is 3.59. The molecule has 0 amide bonds. The molecule has 0 fully saturated rings. The maximum absolute atomic E-state index is 12.6. The van der Waals surface area contributed by atoms with Crippen molar-refractivity contribution in [2.45, 2.75) is 24.9 Å². The van der Waals surface area contributed by atoms with Gasteiger partial charge in [0.1, 0.15) is 5.82 Å². The molecule has 2 rings (SSSR count). The van der Waals surface area contributed by atoms with Gasteiger partial charge < -0.3 is 10.3 Å². The van der Waals surface area contributed by atoms with E-state index >= 15 is 0 Å². The average molecular weight is 309 g/mol. The molecule has 2 heterocycles. The Morgan fingerprint density at radius 2 is 2.14 bits per heavy atom. The first kappa shape index (κ1) is 15.5. The molecule has 0 atom stereocenters. The summed E-state index contributed by atoms with van der Waals surface area (Å²) in [5.74, 6) is 0.583. The van der Waals surface area contributed by atoms with Crippen molar-refractivity contribution in [2.24, 2.45) is 0 Å². The van der Waals surface area contributed by atoms with Crippen LogP contribution in [0.4, 0.5) is 5.69 Å². The van der Waals surface area contributed by atoms with Gasteiger partial charge in [0.15, 0.2) is 5.03 Å². The summed E-state index contributed by atoms with van der Waals surface area (Å²) >= 11 is 0. The van der Waals surface area contributed by atoms with Crippen molar-refractivity contribution < 1.29 is 8.42 Å². The number of hydrogen-bond acceptors (Lipinski definition) is 5. The van der Waals surface area contributed by atoms with E-state index < -0.39 is 10.0 Å². The van der Waals surface area contributed by atoms with Crippen LogP contribution in [0, 0.1) is 0 Å². The molecule has 0 saturated carbocycles. The number of pyridine rings is 1. The van der Waals surface area contributed by atoms with Crippen LogP contribution in [0.1, 0.15) is 19.2 Å². The van der Waals surface area contributed by atoms with Gasteiger partial charge >= 0.3 is 0 Å². The van der Waals surface area contributed by atoms with E-state index in [-0.39, 0.29) is 11.6 Å². The van der Waals surface area contributed by atoms with E-state index in [1.807, 2.05) is 6.92 Å². The smallest absolute Gasteiger partial charge is 0.262 e. The number of imidazole rings is 1. The second-order valence-electron chi connectivity index (χ2n) is 4.58. The minimum absolute atomic E-state index is 0.0347. The second kappa shape index (κ2) is 6.68. The summed E-state index contributed by atoms with van der Waals surface area (Å²) in [5.41, 5.74) is 0.519. The molecule has 2 aromatic rings. The number of nitrogens with one attached hydrogen (secondary N) is 2. The minimum Gasteiger partial charge on any atom is -0.383 e. The van der Waals surface area contributed by atoms with Gasteiger partial charge in [-0.3, -0.25) is 0 Å². The molecule has 0 aliphatic heterocycles. The molecule has 0 spiro atoms. The van der Waals surface area contributed by atoms with E-state index in [1.54, 1.807) is 24.5 Å². The van der Waals surface area contributed by atoms with E-state index in [4.69, 9.17) is 0 Å². The fraction of sp³-hybridized carbons (Fsp3) is 0.385. The molecule has 0 aliphatic rings. The Bertz CT molecular complexity index is 670. The van der Waals surface area contributed by atoms with Crippen molar-refractivity contribution in [3.63, 3.8) is 0 Å². The molecule has 0 saturated heterocycles. The highest BCUT2D eigenvalue weighted by Gasteiger charge is 2.26. The van der Waals surface area contributed by atoms with Crippen molar-refractivity contribution in [3.05, 3.63) is 36.5 Å². The largest absolute Gasteiger partial charge is 0.383 e. The number of H-pyrrole nitrogens is 1. The Balaban J connectivity index is 2.26. The normalized spacial score (nSPS) is 11.8. The van der Waals surface area contributed by atoms with Gasteiger partial charge in [-0.15, -0.1) is 0 Å². The van der Waals surface area contributed by atoms with E-state index in [9.17, 15) is 8.42 Å². The molecular weight excluding hydrogens is 290 g/mol. The van der Waals surface area contributed by atoms with Gasteiger partial charge in [-0.25, -0.2) is 18.4 Å². The van der Waals surface area contributed by atoms with E-state index in [0.717, 1.165) is 6.42 Å². The predicted molar refractivity (Wildman–Crippen MR) is 80.3 cm³/mol. The van der Waals surface area contributed by atoms with Crippen molar-refractivity contribution in [1.82, 2.24) is 19.3 Å². The summed E-state index contributed by atoms with van der Waals surface area (Å²) in [5, 5.41) is 3.13. The zero-order chi connectivity index (χ0) is 15.3. The lowest BCUT2D eigenvalue weighted by Crippen LogP contribution is -2.28. The van der Waals surface area contributed by atoms with Crippen molar-refractivity contribution in [3.8, 4) is 0 Å². The number of sulfonamides is 1. The maximum atomic E-state index is 12.6. The van der Waals surface area contributed by atoms with Crippen molar-refractivity contribution >= 4 is 15.7 Å². The molecule has 114 valence electrons. The molecule has 0 unspecified atom stereocenters. The molecular formula is C13H19N5O2S. The van der Waals surface area contributed by atoms with E-state index in [0.29, 0.717) is 18.1 Å². The fourth-order valence-electron chi connectivity index (χ4n) is 1.82. The van der Waals surface area contributed by atoms with Crippen LogP contribution in [0.2, 0.25) is 0 Å². The lowest BCUT2D eigenvalue weighted by Gasteiger charge is -2.17. The highest BCUT2D eigenvalue weighted by atomic mass is 32.2. The van der Waals surface area contributed by atoms with Gasteiger partial charge in [-0.2, -0.15) is 4.31 Å². The van der Waals surface area contributed by atoms with E-state index in [2.05, 4.69) is 20.3 Å². The number of hydrogen-bond donors (Lipinski definition) is 2. The first-order valence-electron chi connectivity index (χ1n) is 6.69. The number of anilines is 1. The topological polar surface area (TPSA) is 91.0 Å². The molecule has 21 heavy (non-hydrogen) atoms. The van der Waals surface area contributed by atoms with Crippen LogP contribution < -0.4 is 5.32 Å². The second-order valence-corrected chi connectivity index (χ2v) is 6.54. The number of aromatic amines is 1. The van der Waals surface area contributed by atoms with Crippen LogP contribution in [0.15, 0.2) is 35.7 Å². The van der Waals surface area contributed by atoms with Crippen LogP contribution in [-0.2, 0) is 16.6 Å². The third-order valence-corrected chi connectivity index (χ3v) is 4.68. The van der Waals surface area contributed by atoms with Crippen molar-refractivity contribution in [2.75, 3.05) is 18.9 Å². The van der Waals surface area contributed by atoms with Gasteiger partial charge in [0, 0.05) is 32.2 Å². The molecule has 8 heteroatoms. The predicted octanol–water partition coefficient (Wildman–Crippen LogP) is 1.45. The average Bonchev–Trinajstić information content (AvgIpc) is 2.98. The van der Waals surface area contributed by atoms with Crippen LogP contribution in [0.5, 0.6) is 0 Å². The summed E-state index contributed by atoms with van der Waals surface area (Å²) in [6.45, 7) is 2.87. The lowest BCUT2D eigenvalue weighted by atomic mass is 10.4. The lowest BCUT2D eigenvalue weighted by molar-refractivity contribution is 0.456.